The van der Waals surface area contributed by atoms with E-state index in [0.717, 1.165) is 31.1 Å². The number of rotatable bonds is 6. The molecule has 1 fully saturated rings. The van der Waals surface area contributed by atoms with Gasteiger partial charge in [0.1, 0.15) is 11.6 Å². The van der Waals surface area contributed by atoms with E-state index in [1.54, 1.807) is 20.4 Å². The van der Waals surface area contributed by atoms with Crippen LogP contribution in [0.4, 0.5) is 17.6 Å². The van der Waals surface area contributed by atoms with Crippen molar-refractivity contribution in [3.63, 3.8) is 0 Å². The van der Waals surface area contributed by atoms with Gasteiger partial charge in [0, 0.05) is 52.5 Å². The third-order valence-electron chi connectivity index (χ3n) is 4.48. The van der Waals surface area contributed by atoms with E-state index >= 15 is 0 Å². The fourth-order valence-electron chi connectivity index (χ4n) is 2.95. The molecule has 1 saturated heterocycles. The van der Waals surface area contributed by atoms with Crippen LogP contribution in [0.3, 0.4) is 0 Å². The molecule has 0 N–H and O–H groups in total. The van der Waals surface area contributed by atoms with E-state index in [9.17, 15) is 0 Å². The summed E-state index contributed by atoms with van der Waals surface area (Å²) in [6.07, 6.45) is 2.80. The number of ether oxygens (including phenoxy) is 2. The van der Waals surface area contributed by atoms with Crippen LogP contribution in [0.2, 0.25) is 0 Å². The van der Waals surface area contributed by atoms with Crippen LogP contribution in [0.25, 0.3) is 0 Å². The molecule has 1 unspecified atom stereocenters. The number of nitrogens with zero attached hydrogens (tertiary/aromatic N) is 7. The number of anilines is 3. The monoisotopic (exact) mass is 359 g/mol. The third-order valence-corrected chi connectivity index (χ3v) is 4.48. The highest BCUT2D eigenvalue weighted by Crippen LogP contribution is 2.27. The van der Waals surface area contributed by atoms with Crippen LogP contribution < -0.4 is 24.2 Å². The first-order valence-corrected chi connectivity index (χ1v) is 8.47. The molecule has 2 aromatic rings. The Kier molecular flexibility index (Phi) is 5.24. The van der Waals surface area contributed by atoms with Crippen molar-refractivity contribution in [1.29, 1.82) is 0 Å². The van der Waals surface area contributed by atoms with E-state index in [4.69, 9.17) is 9.47 Å². The predicted molar refractivity (Wildman–Crippen MR) is 101 cm³/mol. The van der Waals surface area contributed by atoms with E-state index in [0.29, 0.717) is 23.9 Å². The molecule has 0 aliphatic carbocycles. The summed E-state index contributed by atoms with van der Waals surface area (Å²) < 4.78 is 10.4. The van der Waals surface area contributed by atoms with Gasteiger partial charge in [-0.3, -0.25) is 0 Å². The van der Waals surface area contributed by atoms with Gasteiger partial charge in [0.05, 0.1) is 14.2 Å². The van der Waals surface area contributed by atoms with Crippen LogP contribution in [0.5, 0.6) is 11.9 Å². The molecule has 3 heterocycles. The number of hydrogen-bond acceptors (Lipinski definition) is 9. The lowest BCUT2D eigenvalue weighted by atomic mass is 10.2. The Morgan fingerprint density at radius 3 is 2.62 bits per heavy atom. The number of methoxy groups -OCH3 is 2. The van der Waals surface area contributed by atoms with Crippen LogP contribution in [0.15, 0.2) is 18.3 Å². The highest BCUT2D eigenvalue weighted by Gasteiger charge is 2.28. The van der Waals surface area contributed by atoms with Crippen molar-refractivity contribution in [3.05, 3.63) is 18.3 Å². The molecule has 1 aliphatic rings. The van der Waals surface area contributed by atoms with Gasteiger partial charge in [-0.05, 0) is 12.5 Å². The van der Waals surface area contributed by atoms with Gasteiger partial charge in [0.15, 0.2) is 0 Å². The summed E-state index contributed by atoms with van der Waals surface area (Å²) >= 11 is 0. The average Bonchev–Trinajstić information content (AvgIpc) is 3.17. The van der Waals surface area contributed by atoms with Gasteiger partial charge in [-0.15, -0.1) is 0 Å². The lowest BCUT2D eigenvalue weighted by Crippen LogP contribution is -2.35. The molecule has 0 bridgehead atoms. The normalized spacial score (nSPS) is 16.5. The lowest BCUT2D eigenvalue weighted by Gasteiger charge is -2.26. The molecule has 0 aromatic carbocycles. The van der Waals surface area contributed by atoms with E-state index in [1.807, 2.05) is 31.1 Å². The predicted octanol–water partition coefficient (Wildman–Crippen LogP) is 1.06. The second-order valence-corrected chi connectivity index (χ2v) is 6.36. The zero-order chi connectivity index (χ0) is 18.7. The molecule has 3 rings (SSSR count). The molecule has 9 nitrogen and oxygen atoms in total. The number of aromatic nitrogens is 4. The maximum absolute atomic E-state index is 5.25. The summed E-state index contributed by atoms with van der Waals surface area (Å²) in [6, 6.07) is 4.40. The Labute approximate surface area is 153 Å². The molecule has 0 spiro atoms. The SMILES string of the molecule is COc1cc(N2CCC(N(C)c3ccnc(N(C)C)n3)C2)nc(OC)n1. The standard InChI is InChI=1S/C17H25N7O2/c1-22(2)16-18-8-6-13(19-16)23(3)12-7-9-24(11-12)14-10-15(25-4)21-17(20-14)26-5/h6,8,10,12H,7,9,11H2,1-5H3. The molecular weight excluding hydrogens is 334 g/mol. The topological polar surface area (TPSA) is 79.7 Å². The molecule has 140 valence electrons. The zero-order valence-electron chi connectivity index (χ0n) is 15.9. The van der Waals surface area contributed by atoms with Gasteiger partial charge in [0.2, 0.25) is 11.8 Å². The minimum absolute atomic E-state index is 0.308. The first-order valence-electron chi connectivity index (χ1n) is 8.47. The van der Waals surface area contributed by atoms with Crippen LogP contribution in [0.1, 0.15) is 6.42 Å². The Morgan fingerprint density at radius 2 is 1.92 bits per heavy atom. The molecule has 0 amide bonds. The number of likely N-dealkylation sites (N-methyl/N-ethyl adjacent to an activating group) is 1. The third kappa shape index (κ3) is 3.71. The molecule has 9 heteroatoms. The molecule has 2 aromatic heterocycles. The summed E-state index contributed by atoms with van der Waals surface area (Å²) in [5.41, 5.74) is 0. The van der Waals surface area contributed by atoms with Crippen LogP contribution in [-0.4, -0.2) is 74.4 Å². The Morgan fingerprint density at radius 1 is 1.12 bits per heavy atom. The summed E-state index contributed by atoms with van der Waals surface area (Å²) in [4.78, 5) is 23.8. The van der Waals surface area contributed by atoms with Gasteiger partial charge >= 0.3 is 6.01 Å². The molecule has 1 atom stereocenters. The van der Waals surface area contributed by atoms with Crippen molar-refractivity contribution in [3.8, 4) is 11.9 Å². The summed E-state index contributed by atoms with van der Waals surface area (Å²) in [5, 5.41) is 0. The van der Waals surface area contributed by atoms with Crippen LogP contribution in [0, 0.1) is 0 Å². The van der Waals surface area contributed by atoms with Crippen molar-refractivity contribution < 1.29 is 9.47 Å². The molecule has 26 heavy (non-hydrogen) atoms. The van der Waals surface area contributed by atoms with Gasteiger partial charge < -0.3 is 24.2 Å². The minimum atomic E-state index is 0.308. The van der Waals surface area contributed by atoms with Crippen LogP contribution >= 0.6 is 0 Å². The highest BCUT2D eigenvalue weighted by molar-refractivity contribution is 5.48. The molecule has 0 radical (unpaired) electrons. The van der Waals surface area contributed by atoms with E-state index in [1.165, 1.54) is 0 Å². The summed E-state index contributed by atoms with van der Waals surface area (Å²) in [5.74, 6) is 2.92. The van der Waals surface area contributed by atoms with Crippen LogP contribution in [-0.2, 0) is 0 Å². The van der Waals surface area contributed by atoms with Gasteiger partial charge in [0.25, 0.3) is 0 Å². The quantitative estimate of drug-likeness (QED) is 0.752. The molecule has 0 saturated carbocycles. The molecule has 1 aliphatic heterocycles. The fraction of sp³-hybridized carbons (Fsp3) is 0.529. The Hall–Kier alpha value is -2.84. The first-order chi connectivity index (χ1) is 12.5. The smallest absolute Gasteiger partial charge is 0.321 e. The van der Waals surface area contributed by atoms with Crippen molar-refractivity contribution >= 4 is 17.6 Å². The number of hydrogen-bond donors (Lipinski definition) is 0. The Balaban J connectivity index is 1.75. The van der Waals surface area contributed by atoms with E-state index < -0.39 is 0 Å². The van der Waals surface area contributed by atoms with Gasteiger partial charge in [-0.25, -0.2) is 4.98 Å². The lowest BCUT2D eigenvalue weighted by molar-refractivity contribution is 0.352. The first kappa shape index (κ1) is 18.0. The average molecular weight is 359 g/mol. The minimum Gasteiger partial charge on any atom is -0.481 e. The largest absolute Gasteiger partial charge is 0.481 e. The summed E-state index contributed by atoms with van der Waals surface area (Å²) in [6.45, 7) is 1.73. The van der Waals surface area contributed by atoms with Crippen molar-refractivity contribution in [1.82, 2.24) is 19.9 Å². The molecular formula is C17H25N7O2. The van der Waals surface area contributed by atoms with Crippen molar-refractivity contribution in [2.75, 3.05) is 63.2 Å². The zero-order valence-corrected chi connectivity index (χ0v) is 15.9. The van der Waals surface area contributed by atoms with Crippen molar-refractivity contribution in [2.45, 2.75) is 12.5 Å². The maximum atomic E-state index is 5.25. The maximum Gasteiger partial charge on any atom is 0.321 e. The highest BCUT2D eigenvalue weighted by atomic mass is 16.5. The van der Waals surface area contributed by atoms with Crippen molar-refractivity contribution in [2.24, 2.45) is 0 Å². The second-order valence-electron chi connectivity index (χ2n) is 6.36. The second kappa shape index (κ2) is 7.59. The van der Waals surface area contributed by atoms with Gasteiger partial charge in [-0.2, -0.15) is 15.0 Å². The van der Waals surface area contributed by atoms with E-state index in [-0.39, 0.29) is 0 Å². The fourth-order valence-corrected chi connectivity index (χ4v) is 2.95. The summed E-state index contributed by atoms with van der Waals surface area (Å²) in [7, 11) is 9.08. The van der Waals surface area contributed by atoms with Gasteiger partial charge in [-0.1, -0.05) is 0 Å². The van der Waals surface area contributed by atoms with E-state index in [2.05, 4.69) is 36.8 Å². The Bertz CT molecular complexity index is 733.